The summed E-state index contributed by atoms with van der Waals surface area (Å²) >= 11 is 0. The van der Waals surface area contributed by atoms with Gasteiger partial charge in [-0.05, 0) is 25.9 Å². The molecule has 1 unspecified atom stereocenters. The third-order valence-corrected chi connectivity index (χ3v) is 4.05. The minimum Gasteiger partial charge on any atom is -0.313 e. The largest absolute Gasteiger partial charge is 0.313 e. The Balaban J connectivity index is 1.69. The van der Waals surface area contributed by atoms with Crippen molar-refractivity contribution < 1.29 is 0 Å². The molecular weight excluding hydrogens is 198 g/mol. The van der Waals surface area contributed by atoms with Crippen LogP contribution in [0.4, 0.5) is 0 Å². The lowest BCUT2D eigenvalue weighted by Crippen LogP contribution is -2.50. The molecule has 94 valence electrons. The van der Waals surface area contributed by atoms with E-state index >= 15 is 0 Å². The van der Waals surface area contributed by atoms with E-state index < -0.39 is 0 Å². The lowest BCUT2D eigenvalue weighted by molar-refractivity contribution is 0.126. The van der Waals surface area contributed by atoms with Crippen molar-refractivity contribution in [2.45, 2.75) is 38.6 Å². The molecule has 3 nitrogen and oxygen atoms in total. The van der Waals surface area contributed by atoms with Crippen LogP contribution in [-0.2, 0) is 0 Å². The summed E-state index contributed by atoms with van der Waals surface area (Å²) in [6.07, 6.45) is 5.60. The molecule has 0 bridgehead atoms. The predicted molar refractivity (Wildman–Crippen MR) is 68.8 cm³/mol. The first-order chi connectivity index (χ1) is 7.88. The zero-order chi connectivity index (χ0) is 11.2. The van der Waals surface area contributed by atoms with E-state index in [9.17, 15) is 0 Å². The molecule has 0 spiro atoms. The molecule has 0 aromatic carbocycles. The van der Waals surface area contributed by atoms with Gasteiger partial charge in [-0.15, -0.1) is 0 Å². The summed E-state index contributed by atoms with van der Waals surface area (Å²) in [6, 6.07) is 0.760. The van der Waals surface area contributed by atoms with Gasteiger partial charge in [0, 0.05) is 38.8 Å². The van der Waals surface area contributed by atoms with Gasteiger partial charge >= 0.3 is 0 Å². The number of hydrogen-bond acceptors (Lipinski definition) is 3. The standard InChI is InChI=1S/C13H27N3/c1-2-15-8-10-16(11-9-15)12-13-6-4-3-5-7-14-13/h13-14H,2-12H2,1H3. The first-order valence-corrected chi connectivity index (χ1v) is 7.06. The van der Waals surface area contributed by atoms with Crippen LogP contribution in [0.15, 0.2) is 0 Å². The molecule has 0 radical (unpaired) electrons. The van der Waals surface area contributed by atoms with Gasteiger partial charge in [0.05, 0.1) is 0 Å². The molecule has 0 aliphatic carbocycles. The van der Waals surface area contributed by atoms with Crippen LogP contribution in [0.1, 0.15) is 32.6 Å². The van der Waals surface area contributed by atoms with E-state index in [2.05, 4.69) is 22.0 Å². The van der Waals surface area contributed by atoms with Gasteiger partial charge in [-0.3, -0.25) is 4.90 Å². The fraction of sp³-hybridized carbons (Fsp3) is 1.00. The van der Waals surface area contributed by atoms with E-state index in [0.29, 0.717) is 0 Å². The van der Waals surface area contributed by atoms with Crippen molar-refractivity contribution >= 4 is 0 Å². The maximum atomic E-state index is 3.70. The van der Waals surface area contributed by atoms with Gasteiger partial charge in [-0.25, -0.2) is 0 Å². The zero-order valence-electron chi connectivity index (χ0n) is 10.7. The summed E-state index contributed by atoms with van der Waals surface area (Å²) in [5, 5.41) is 3.70. The van der Waals surface area contributed by atoms with Crippen LogP contribution in [0.5, 0.6) is 0 Å². The van der Waals surface area contributed by atoms with E-state index in [0.717, 1.165) is 6.04 Å². The fourth-order valence-corrected chi connectivity index (χ4v) is 2.86. The van der Waals surface area contributed by atoms with E-state index in [4.69, 9.17) is 0 Å². The Morgan fingerprint density at radius 1 is 1.00 bits per heavy atom. The molecule has 16 heavy (non-hydrogen) atoms. The second kappa shape index (κ2) is 6.58. The van der Waals surface area contributed by atoms with E-state index in [-0.39, 0.29) is 0 Å². The van der Waals surface area contributed by atoms with Gasteiger partial charge in [0.1, 0.15) is 0 Å². The second-order valence-electron chi connectivity index (χ2n) is 5.24. The number of hydrogen-bond donors (Lipinski definition) is 1. The highest BCUT2D eigenvalue weighted by molar-refractivity contribution is 4.78. The summed E-state index contributed by atoms with van der Waals surface area (Å²) in [6.45, 7) is 11.1. The highest BCUT2D eigenvalue weighted by Crippen LogP contribution is 2.11. The van der Waals surface area contributed by atoms with Crippen molar-refractivity contribution in [2.75, 3.05) is 45.8 Å². The van der Waals surface area contributed by atoms with Crippen LogP contribution < -0.4 is 5.32 Å². The number of rotatable bonds is 3. The Bertz CT molecular complexity index is 180. The average molecular weight is 225 g/mol. The lowest BCUT2D eigenvalue weighted by atomic mass is 10.1. The SMILES string of the molecule is CCN1CCN(CC2CCCCCN2)CC1. The fourth-order valence-electron chi connectivity index (χ4n) is 2.86. The summed E-state index contributed by atoms with van der Waals surface area (Å²) in [4.78, 5) is 5.20. The lowest BCUT2D eigenvalue weighted by Gasteiger charge is -2.36. The molecule has 2 heterocycles. The quantitative estimate of drug-likeness (QED) is 0.777. The molecule has 0 amide bonds. The Labute approximate surface area is 100 Å². The summed E-state index contributed by atoms with van der Waals surface area (Å²) in [7, 11) is 0. The Morgan fingerprint density at radius 3 is 2.50 bits per heavy atom. The molecule has 0 saturated carbocycles. The smallest absolute Gasteiger partial charge is 0.0195 e. The number of nitrogens with one attached hydrogen (secondary N) is 1. The predicted octanol–water partition coefficient (Wildman–Crippen LogP) is 1.16. The number of nitrogens with zero attached hydrogens (tertiary/aromatic N) is 2. The summed E-state index contributed by atoms with van der Waals surface area (Å²) in [5.74, 6) is 0. The Morgan fingerprint density at radius 2 is 1.75 bits per heavy atom. The van der Waals surface area contributed by atoms with Gasteiger partial charge in [-0.2, -0.15) is 0 Å². The minimum absolute atomic E-state index is 0.760. The minimum atomic E-state index is 0.760. The molecule has 3 heteroatoms. The third-order valence-electron chi connectivity index (χ3n) is 4.05. The van der Waals surface area contributed by atoms with Crippen LogP contribution in [0, 0.1) is 0 Å². The highest BCUT2D eigenvalue weighted by Gasteiger charge is 2.19. The third kappa shape index (κ3) is 3.72. The van der Waals surface area contributed by atoms with Gasteiger partial charge in [0.2, 0.25) is 0 Å². The van der Waals surface area contributed by atoms with Crippen molar-refractivity contribution in [1.82, 2.24) is 15.1 Å². The molecule has 2 fully saturated rings. The monoisotopic (exact) mass is 225 g/mol. The molecule has 2 rings (SSSR count). The molecule has 0 aromatic rings. The van der Waals surface area contributed by atoms with Crippen molar-refractivity contribution in [1.29, 1.82) is 0 Å². The van der Waals surface area contributed by atoms with Crippen LogP contribution >= 0.6 is 0 Å². The van der Waals surface area contributed by atoms with Crippen molar-refractivity contribution in [2.24, 2.45) is 0 Å². The normalized spacial score (nSPS) is 30.2. The van der Waals surface area contributed by atoms with Gasteiger partial charge in [0.25, 0.3) is 0 Å². The number of likely N-dealkylation sites (N-methyl/N-ethyl adjacent to an activating group) is 1. The number of piperazine rings is 1. The molecule has 2 aliphatic heterocycles. The zero-order valence-corrected chi connectivity index (χ0v) is 10.7. The average Bonchev–Trinajstić information content (AvgIpc) is 2.59. The van der Waals surface area contributed by atoms with E-state index in [1.807, 2.05) is 0 Å². The molecule has 2 saturated heterocycles. The van der Waals surface area contributed by atoms with Crippen LogP contribution in [0.3, 0.4) is 0 Å². The first-order valence-electron chi connectivity index (χ1n) is 7.06. The molecule has 1 atom stereocenters. The second-order valence-corrected chi connectivity index (χ2v) is 5.24. The Kier molecular flexibility index (Phi) is 5.07. The van der Waals surface area contributed by atoms with Crippen molar-refractivity contribution in [3.63, 3.8) is 0 Å². The van der Waals surface area contributed by atoms with Gasteiger partial charge < -0.3 is 10.2 Å². The van der Waals surface area contributed by atoms with Crippen LogP contribution in [0.25, 0.3) is 0 Å². The Hall–Kier alpha value is -0.120. The van der Waals surface area contributed by atoms with E-state index in [1.165, 1.54) is 71.5 Å². The molecule has 0 aromatic heterocycles. The maximum absolute atomic E-state index is 3.70. The molecular formula is C13H27N3. The van der Waals surface area contributed by atoms with Gasteiger partial charge in [-0.1, -0.05) is 19.8 Å². The molecule has 1 N–H and O–H groups in total. The molecule has 2 aliphatic rings. The first kappa shape index (κ1) is 12.3. The van der Waals surface area contributed by atoms with Crippen LogP contribution in [0.2, 0.25) is 0 Å². The van der Waals surface area contributed by atoms with Gasteiger partial charge in [0.15, 0.2) is 0 Å². The van der Waals surface area contributed by atoms with Crippen LogP contribution in [-0.4, -0.2) is 61.7 Å². The van der Waals surface area contributed by atoms with E-state index in [1.54, 1.807) is 0 Å². The van der Waals surface area contributed by atoms with Crippen molar-refractivity contribution in [3.05, 3.63) is 0 Å². The maximum Gasteiger partial charge on any atom is 0.0195 e. The van der Waals surface area contributed by atoms with Crippen molar-refractivity contribution in [3.8, 4) is 0 Å². The summed E-state index contributed by atoms with van der Waals surface area (Å²) in [5.41, 5.74) is 0. The topological polar surface area (TPSA) is 18.5 Å². The summed E-state index contributed by atoms with van der Waals surface area (Å²) < 4.78 is 0. The highest BCUT2D eigenvalue weighted by atomic mass is 15.3.